The van der Waals surface area contributed by atoms with Crippen molar-refractivity contribution in [2.24, 2.45) is 5.41 Å². The minimum Gasteiger partial charge on any atom is -0.487 e. The van der Waals surface area contributed by atoms with Crippen LogP contribution in [0.15, 0.2) is 66.2 Å². The molecule has 18 heteroatoms. The van der Waals surface area contributed by atoms with Crippen LogP contribution in [-0.2, 0) is 41.6 Å². The van der Waals surface area contributed by atoms with Crippen molar-refractivity contribution in [3.63, 3.8) is 0 Å². The van der Waals surface area contributed by atoms with E-state index in [4.69, 9.17) is 30.8 Å². The topological polar surface area (TPSA) is 190 Å². The molecule has 1 saturated heterocycles. The van der Waals surface area contributed by atoms with Gasteiger partial charge in [0.1, 0.15) is 18.5 Å². The minimum atomic E-state index is -0.800. The highest BCUT2D eigenvalue weighted by Gasteiger charge is 2.43. The molecule has 2 aliphatic heterocycles. The molecule has 59 heavy (non-hydrogen) atoms. The Balaban J connectivity index is 0.864. The summed E-state index contributed by atoms with van der Waals surface area (Å²) < 4.78 is 31.8. The highest BCUT2D eigenvalue weighted by Crippen LogP contribution is 2.41. The van der Waals surface area contributed by atoms with Gasteiger partial charge in [-0.15, -0.1) is 11.3 Å². The standard InChI is InChI=1S/C41H43ClFN7O8S/c42-29-6-3-8-32(36(29)43)58-26-12-14-41(15-13-26,22-25-4-1-9-33(46-25)48-40-45-17-21-59-40)39(55)44-16-18-56-19-20-57-24-35(52)47-30-7-2-5-27-28(30)23-50(38(27)54)31-10-11-34(51)49-37(31)53/h1-9,17,21,26,31H,10-16,18-20,22-24H2,(H,44,55)(H,47,52)(H,45,46,48)(H,49,51,53). The lowest BCUT2D eigenvalue weighted by Crippen LogP contribution is -2.52. The maximum atomic E-state index is 14.6. The summed E-state index contributed by atoms with van der Waals surface area (Å²) >= 11 is 7.42. The Morgan fingerprint density at radius 2 is 1.80 bits per heavy atom. The fourth-order valence-corrected chi connectivity index (χ4v) is 8.29. The molecule has 7 rings (SSSR count). The van der Waals surface area contributed by atoms with Gasteiger partial charge in [-0.3, -0.25) is 29.3 Å². The summed E-state index contributed by atoms with van der Waals surface area (Å²) in [7, 11) is 0. The van der Waals surface area contributed by atoms with Gasteiger partial charge in [-0.25, -0.2) is 14.4 Å². The molecule has 2 aromatic heterocycles. The van der Waals surface area contributed by atoms with E-state index in [0.717, 1.165) is 5.69 Å². The Morgan fingerprint density at radius 3 is 2.59 bits per heavy atom. The molecule has 2 aromatic carbocycles. The summed E-state index contributed by atoms with van der Waals surface area (Å²) in [6.07, 6.45) is 4.16. The minimum absolute atomic E-state index is 0.0167. The molecule has 0 bridgehead atoms. The number of ether oxygens (including phenoxy) is 3. The van der Waals surface area contributed by atoms with Gasteiger partial charge in [0, 0.05) is 60.0 Å². The zero-order chi connectivity index (χ0) is 41.4. The lowest BCUT2D eigenvalue weighted by atomic mass is 9.69. The molecule has 1 saturated carbocycles. The van der Waals surface area contributed by atoms with Gasteiger partial charge in [-0.05, 0) is 68.5 Å². The number of carbonyl (C=O) groups excluding carboxylic acids is 5. The highest BCUT2D eigenvalue weighted by atomic mass is 35.5. The lowest BCUT2D eigenvalue weighted by Gasteiger charge is -2.39. The number of aromatic nitrogens is 2. The maximum Gasteiger partial charge on any atom is 0.255 e. The van der Waals surface area contributed by atoms with Gasteiger partial charge in [0.15, 0.2) is 16.7 Å². The Morgan fingerprint density at radius 1 is 1.00 bits per heavy atom. The Kier molecular flexibility index (Phi) is 13.5. The van der Waals surface area contributed by atoms with Crippen molar-refractivity contribution in [3.8, 4) is 5.75 Å². The van der Waals surface area contributed by atoms with Crippen LogP contribution in [0.2, 0.25) is 5.02 Å². The van der Waals surface area contributed by atoms with E-state index in [0.29, 0.717) is 59.9 Å². The van der Waals surface area contributed by atoms with E-state index in [-0.39, 0.29) is 87.0 Å². The number of halogens is 2. The molecule has 3 aliphatic rings. The smallest absolute Gasteiger partial charge is 0.255 e. The molecule has 15 nitrogen and oxygen atoms in total. The largest absolute Gasteiger partial charge is 0.487 e. The van der Waals surface area contributed by atoms with Crippen molar-refractivity contribution in [2.45, 2.75) is 63.6 Å². The predicted molar refractivity (Wildman–Crippen MR) is 216 cm³/mol. The number of carbonyl (C=O) groups is 5. The Hall–Kier alpha value is -5.49. The van der Waals surface area contributed by atoms with E-state index in [9.17, 15) is 28.4 Å². The molecule has 5 amide bonds. The fourth-order valence-electron chi connectivity index (χ4n) is 7.59. The third-order valence-electron chi connectivity index (χ3n) is 10.6. The summed E-state index contributed by atoms with van der Waals surface area (Å²) in [5, 5.41) is 13.9. The number of fused-ring (bicyclic) bond motifs is 1. The van der Waals surface area contributed by atoms with Gasteiger partial charge < -0.3 is 35.1 Å². The second kappa shape index (κ2) is 19.1. The number of imide groups is 1. The first-order valence-corrected chi connectivity index (χ1v) is 20.6. The van der Waals surface area contributed by atoms with Gasteiger partial charge in [-0.2, -0.15) is 0 Å². The predicted octanol–water partition coefficient (Wildman–Crippen LogP) is 5.17. The average molecular weight is 848 g/mol. The fraction of sp³-hybridized carbons (Fsp3) is 0.390. The quantitative estimate of drug-likeness (QED) is 0.0810. The number of thiazole rings is 1. The van der Waals surface area contributed by atoms with Gasteiger partial charge in [0.25, 0.3) is 5.91 Å². The van der Waals surface area contributed by atoms with E-state index >= 15 is 0 Å². The van der Waals surface area contributed by atoms with Crippen LogP contribution in [0, 0.1) is 11.2 Å². The zero-order valence-corrected chi connectivity index (χ0v) is 33.5. The van der Waals surface area contributed by atoms with E-state index in [1.165, 1.54) is 22.3 Å². The molecule has 4 heterocycles. The van der Waals surface area contributed by atoms with Gasteiger partial charge in [-0.1, -0.05) is 29.8 Å². The second-order valence-corrected chi connectivity index (χ2v) is 15.8. The van der Waals surface area contributed by atoms with Crippen molar-refractivity contribution in [3.05, 3.63) is 93.8 Å². The molecule has 1 aliphatic carbocycles. The van der Waals surface area contributed by atoms with Gasteiger partial charge >= 0.3 is 0 Å². The number of anilines is 3. The third kappa shape index (κ3) is 10.2. The molecule has 4 N–H and O–H groups in total. The van der Waals surface area contributed by atoms with E-state index in [1.807, 2.05) is 23.6 Å². The number of piperidine rings is 1. The molecule has 2 fully saturated rings. The third-order valence-corrected chi connectivity index (χ3v) is 11.5. The van der Waals surface area contributed by atoms with Crippen LogP contribution in [0.5, 0.6) is 5.75 Å². The van der Waals surface area contributed by atoms with Crippen molar-refractivity contribution in [1.82, 2.24) is 25.5 Å². The summed E-state index contributed by atoms with van der Waals surface area (Å²) in [4.78, 5) is 74.2. The number of rotatable bonds is 17. The average Bonchev–Trinajstić information content (AvgIpc) is 3.86. The summed E-state index contributed by atoms with van der Waals surface area (Å²) in [6, 6.07) is 14.5. The summed E-state index contributed by atoms with van der Waals surface area (Å²) in [6.45, 7) is 0.592. The van der Waals surface area contributed by atoms with Gasteiger partial charge in [0.2, 0.25) is 23.6 Å². The molecule has 0 spiro atoms. The van der Waals surface area contributed by atoms with Crippen molar-refractivity contribution >= 4 is 69.1 Å². The van der Waals surface area contributed by atoms with Crippen LogP contribution < -0.4 is 26.0 Å². The van der Waals surface area contributed by atoms with E-state index in [2.05, 4.69) is 26.3 Å². The van der Waals surface area contributed by atoms with Crippen LogP contribution in [0.25, 0.3) is 0 Å². The molecule has 4 aromatic rings. The SMILES string of the molecule is O=C1CCC(N2Cc3c(NC(=O)COCCOCCNC(=O)C4(Cc5cccc(Nc6nccs6)n5)CCC(Oc5cccc(Cl)c5F)CC4)cccc3C2=O)C(=O)N1. The molecule has 1 atom stereocenters. The van der Waals surface area contributed by atoms with Crippen LogP contribution in [0.4, 0.5) is 21.0 Å². The number of hydrogen-bond acceptors (Lipinski definition) is 12. The zero-order valence-electron chi connectivity index (χ0n) is 32.0. The monoisotopic (exact) mass is 847 g/mol. The van der Waals surface area contributed by atoms with Crippen LogP contribution >= 0.6 is 22.9 Å². The molecule has 0 radical (unpaired) electrons. The maximum absolute atomic E-state index is 14.6. The first-order chi connectivity index (χ1) is 28.6. The molecular formula is C41H43ClFN7O8S. The Labute approximate surface area is 348 Å². The summed E-state index contributed by atoms with van der Waals surface area (Å²) in [5.41, 5.74) is 1.35. The number of hydrogen-bond donors (Lipinski definition) is 4. The van der Waals surface area contributed by atoms with Crippen LogP contribution in [0.1, 0.15) is 60.1 Å². The Bertz CT molecular complexity index is 2190. The number of nitrogens with one attached hydrogen (secondary N) is 4. The van der Waals surface area contributed by atoms with Crippen LogP contribution in [0.3, 0.4) is 0 Å². The van der Waals surface area contributed by atoms with Crippen molar-refractivity contribution < 1.29 is 42.6 Å². The highest BCUT2D eigenvalue weighted by molar-refractivity contribution is 7.13. The normalized spacial score (nSPS) is 20.2. The van der Waals surface area contributed by atoms with Crippen molar-refractivity contribution in [2.75, 3.05) is 43.6 Å². The number of benzene rings is 2. The molecule has 1 unspecified atom stereocenters. The molecule has 310 valence electrons. The van der Waals surface area contributed by atoms with E-state index < -0.39 is 29.1 Å². The lowest BCUT2D eigenvalue weighted by molar-refractivity contribution is -0.137. The van der Waals surface area contributed by atoms with E-state index in [1.54, 1.807) is 36.5 Å². The van der Waals surface area contributed by atoms with Crippen LogP contribution in [-0.4, -0.2) is 89.5 Å². The number of amides is 5. The first kappa shape index (κ1) is 41.7. The second-order valence-electron chi connectivity index (χ2n) is 14.5. The van der Waals surface area contributed by atoms with Gasteiger partial charge in [0.05, 0.1) is 36.4 Å². The molecular weight excluding hydrogens is 805 g/mol. The summed E-state index contributed by atoms with van der Waals surface area (Å²) in [5.74, 6) is -1.69. The number of pyridine rings is 1. The first-order valence-electron chi connectivity index (χ1n) is 19.3. The number of nitrogens with zero attached hydrogens (tertiary/aromatic N) is 3. The van der Waals surface area contributed by atoms with Crippen molar-refractivity contribution in [1.29, 1.82) is 0 Å².